The third-order valence-electron chi connectivity index (χ3n) is 9.20. The van der Waals surface area contributed by atoms with Crippen molar-refractivity contribution in [3.8, 4) is 0 Å². The van der Waals surface area contributed by atoms with Crippen molar-refractivity contribution in [1.82, 2.24) is 0 Å². The molecule has 0 saturated carbocycles. The maximum Gasteiger partial charge on any atom is 0.306 e. The molecule has 0 heterocycles. The summed E-state index contributed by atoms with van der Waals surface area (Å²) in [5.74, 6) is -1.09. The predicted molar refractivity (Wildman–Crippen MR) is 265 cm³/mol. The van der Waals surface area contributed by atoms with Crippen molar-refractivity contribution in [2.45, 2.75) is 175 Å². The van der Waals surface area contributed by atoms with Crippen molar-refractivity contribution in [3.05, 3.63) is 146 Å². The van der Waals surface area contributed by atoms with Gasteiger partial charge in [0.2, 0.25) is 0 Å². The van der Waals surface area contributed by atoms with E-state index in [0.29, 0.717) is 12.8 Å². The molecule has 0 aliphatic carbocycles. The second-order valence-corrected chi connectivity index (χ2v) is 15.0. The average Bonchev–Trinajstić information content (AvgIpc) is 3.27. The summed E-state index contributed by atoms with van der Waals surface area (Å²) in [6.45, 7) is 6.11. The van der Waals surface area contributed by atoms with Gasteiger partial charge in [-0.05, 0) is 96.3 Å². The molecule has 0 aliphatic rings. The van der Waals surface area contributed by atoms with E-state index in [2.05, 4.69) is 112 Å². The van der Waals surface area contributed by atoms with Gasteiger partial charge in [0.1, 0.15) is 13.2 Å². The maximum absolute atomic E-state index is 12.8. The molecule has 0 N–H and O–H groups in total. The number of rotatable bonds is 40. The van der Waals surface area contributed by atoms with Gasteiger partial charge in [-0.15, -0.1) is 0 Å². The number of unbranched alkanes of at least 4 members (excludes halogenated alkanes) is 9. The summed E-state index contributed by atoms with van der Waals surface area (Å²) in [4.78, 5) is 37.8. The van der Waals surface area contributed by atoms with Gasteiger partial charge < -0.3 is 14.2 Å². The van der Waals surface area contributed by atoms with Crippen LogP contribution in [0, 0.1) is 0 Å². The second-order valence-electron chi connectivity index (χ2n) is 15.0. The zero-order chi connectivity index (χ0) is 45.1. The van der Waals surface area contributed by atoms with E-state index in [4.69, 9.17) is 14.2 Å². The van der Waals surface area contributed by atoms with Crippen molar-refractivity contribution in [2.24, 2.45) is 0 Å². The number of carbonyl (C=O) groups excluding carboxylic acids is 3. The Hall–Kier alpha value is -4.71. The van der Waals surface area contributed by atoms with Gasteiger partial charge >= 0.3 is 17.9 Å². The van der Waals surface area contributed by atoms with Crippen molar-refractivity contribution < 1.29 is 28.6 Å². The van der Waals surface area contributed by atoms with E-state index in [1.807, 2.05) is 54.7 Å². The molecular formula is C56H84O6. The van der Waals surface area contributed by atoms with Gasteiger partial charge in [-0.2, -0.15) is 0 Å². The van der Waals surface area contributed by atoms with Gasteiger partial charge in [0, 0.05) is 19.3 Å². The first-order valence-electron chi connectivity index (χ1n) is 23.9. The molecule has 0 aromatic carbocycles. The first kappa shape index (κ1) is 57.3. The van der Waals surface area contributed by atoms with Crippen LogP contribution in [0.3, 0.4) is 0 Å². The summed E-state index contributed by atoms with van der Waals surface area (Å²) in [5.41, 5.74) is 0. The fraction of sp³-hybridized carbons (Fsp3) is 0.518. The highest BCUT2D eigenvalue weighted by molar-refractivity contribution is 5.71. The molecule has 0 aromatic heterocycles. The highest BCUT2D eigenvalue weighted by atomic mass is 16.6. The lowest BCUT2D eigenvalue weighted by molar-refractivity contribution is -0.167. The van der Waals surface area contributed by atoms with Crippen LogP contribution in [0.15, 0.2) is 146 Å². The first-order chi connectivity index (χ1) is 30.5. The van der Waals surface area contributed by atoms with Crippen molar-refractivity contribution in [2.75, 3.05) is 13.2 Å². The Morgan fingerprint density at radius 2 is 0.677 bits per heavy atom. The van der Waals surface area contributed by atoms with Crippen LogP contribution in [0.5, 0.6) is 0 Å². The van der Waals surface area contributed by atoms with Crippen LogP contribution >= 0.6 is 0 Å². The van der Waals surface area contributed by atoms with E-state index in [1.54, 1.807) is 0 Å². The lowest BCUT2D eigenvalue weighted by atomic mass is 10.1. The van der Waals surface area contributed by atoms with Gasteiger partial charge in [-0.1, -0.05) is 199 Å². The Morgan fingerprint density at radius 3 is 1.15 bits per heavy atom. The Morgan fingerprint density at radius 1 is 0.339 bits per heavy atom. The maximum atomic E-state index is 12.8. The van der Waals surface area contributed by atoms with Crippen LogP contribution in [0.1, 0.15) is 168 Å². The minimum atomic E-state index is -0.839. The van der Waals surface area contributed by atoms with E-state index in [0.717, 1.165) is 96.3 Å². The zero-order valence-corrected chi connectivity index (χ0v) is 39.1. The lowest BCUT2D eigenvalue weighted by Gasteiger charge is -2.18. The smallest absolute Gasteiger partial charge is 0.306 e. The molecule has 6 heteroatoms. The molecule has 0 rings (SSSR count). The summed E-state index contributed by atoms with van der Waals surface area (Å²) in [7, 11) is 0. The molecule has 0 spiro atoms. The van der Waals surface area contributed by atoms with Gasteiger partial charge in [0.15, 0.2) is 6.10 Å². The molecule has 1 atom stereocenters. The van der Waals surface area contributed by atoms with Crippen molar-refractivity contribution >= 4 is 17.9 Å². The summed E-state index contributed by atoms with van der Waals surface area (Å²) < 4.78 is 16.6. The summed E-state index contributed by atoms with van der Waals surface area (Å²) in [6, 6.07) is 0. The third-order valence-corrected chi connectivity index (χ3v) is 9.20. The monoisotopic (exact) mass is 853 g/mol. The molecule has 0 saturated heterocycles. The molecule has 1 unspecified atom stereocenters. The Kier molecular flexibility index (Phi) is 45.2. The summed E-state index contributed by atoms with van der Waals surface area (Å²) in [6.07, 6.45) is 69.9. The number of esters is 3. The first-order valence-corrected chi connectivity index (χ1v) is 23.9. The number of carbonyl (C=O) groups is 3. The van der Waals surface area contributed by atoms with Crippen LogP contribution in [0.2, 0.25) is 0 Å². The Bertz CT molecular complexity index is 1440. The molecule has 6 nitrogen and oxygen atoms in total. The van der Waals surface area contributed by atoms with Crippen LogP contribution in [-0.2, 0) is 28.6 Å². The summed E-state index contributed by atoms with van der Waals surface area (Å²) in [5, 5.41) is 0. The van der Waals surface area contributed by atoms with Crippen molar-refractivity contribution in [3.63, 3.8) is 0 Å². The molecule has 0 bridgehead atoms. The number of ether oxygens (including phenoxy) is 3. The number of allylic oxidation sites excluding steroid dienone is 24. The van der Waals surface area contributed by atoms with E-state index in [1.165, 1.54) is 19.3 Å². The fourth-order valence-electron chi connectivity index (χ4n) is 5.72. The topological polar surface area (TPSA) is 78.9 Å². The van der Waals surface area contributed by atoms with Crippen molar-refractivity contribution in [1.29, 1.82) is 0 Å². The SMILES string of the molecule is CC\C=C/C=C\C=C/C=C\C=C/CCCC(=O)OCC(COC(=O)CCC/C=C\C/C=C\C/C=C\C/C=C\C/C=C\CC)OC(=O)CCCCCCCCC/C=C\C/C=C\CC. The van der Waals surface area contributed by atoms with Crippen LogP contribution in [0.4, 0.5) is 0 Å². The summed E-state index contributed by atoms with van der Waals surface area (Å²) >= 11 is 0. The fourth-order valence-corrected chi connectivity index (χ4v) is 5.72. The average molecular weight is 853 g/mol. The number of hydrogen-bond donors (Lipinski definition) is 0. The molecule has 0 aliphatic heterocycles. The standard InChI is InChI=1S/C56H84O6/c1-4-7-10-13-16-19-22-25-27-28-29-32-34-37-40-43-46-49-55(58)61-52-53(51-60-54(57)48-45-42-39-36-33-30-24-21-18-15-12-9-6-3)62-56(59)50-47-44-41-38-35-31-26-23-20-17-14-11-8-5-2/h7-12,15-21,24-25,27,29-30,32-33,36-37,39-40,53H,4-6,13-14,22-23,26,28,31,34-35,38,41-52H2,1-3H3/b10-7-,11-8-,12-9-,18-15-,19-16-,20-17-,24-21-,27-25-,32-29-,33-30-,39-36-,40-37-. The number of hydrogen-bond acceptors (Lipinski definition) is 6. The highest BCUT2D eigenvalue weighted by Crippen LogP contribution is 2.12. The van der Waals surface area contributed by atoms with Crippen LogP contribution in [0.25, 0.3) is 0 Å². The van der Waals surface area contributed by atoms with Gasteiger partial charge in [0.25, 0.3) is 0 Å². The third kappa shape index (κ3) is 46.4. The zero-order valence-electron chi connectivity index (χ0n) is 39.1. The minimum absolute atomic E-state index is 0.140. The Balaban J connectivity index is 4.62. The lowest BCUT2D eigenvalue weighted by Crippen LogP contribution is -2.30. The van der Waals surface area contributed by atoms with Gasteiger partial charge in [-0.3, -0.25) is 14.4 Å². The van der Waals surface area contributed by atoms with E-state index in [-0.39, 0.29) is 50.4 Å². The molecule has 0 aromatic rings. The van der Waals surface area contributed by atoms with E-state index >= 15 is 0 Å². The van der Waals surface area contributed by atoms with Gasteiger partial charge in [0.05, 0.1) is 0 Å². The van der Waals surface area contributed by atoms with Crippen LogP contribution in [-0.4, -0.2) is 37.2 Å². The second kappa shape index (κ2) is 49.0. The molecule has 0 amide bonds. The molecule has 344 valence electrons. The molecular weight excluding hydrogens is 769 g/mol. The molecule has 0 fully saturated rings. The largest absolute Gasteiger partial charge is 0.462 e. The highest BCUT2D eigenvalue weighted by Gasteiger charge is 2.19. The van der Waals surface area contributed by atoms with E-state index < -0.39 is 6.10 Å². The Labute approximate surface area is 378 Å². The normalized spacial score (nSPS) is 13.4. The van der Waals surface area contributed by atoms with Gasteiger partial charge in [-0.25, -0.2) is 0 Å². The predicted octanol–water partition coefficient (Wildman–Crippen LogP) is 15.7. The molecule has 62 heavy (non-hydrogen) atoms. The molecule has 0 radical (unpaired) electrons. The quantitative estimate of drug-likeness (QED) is 0.0201. The minimum Gasteiger partial charge on any atom is -0.462 e. The van der Waals surface area contributed by atoms with Crippen LogP contribution < -0.4 is 0 Å². The van der Waals surface area contributed by atoms with E-state index in [9.17, 15) is 14.4 Å².